The first-order chi connectivity index (χ1) is 4.37. The van der Waals surface area contributed by atoms with E-state index >= 15 is 0 Å². The van der Waals surface area contributed by atoms with Crippen LogP contribution >= 0.6 is 8.60 Å². The molecule has 62 valence electrons. The molecule has 9 N–H and O–H groups in total. The molecule has 0 amide bonds. The second kappa shape index (κ2) is 6.62. The van der Waals surface area contributed by atoms with E-state index < -0.39 is 14.6 Å². The van der Waals surface area contributed by atoms with Crippen molar-refractivity contribution in [1.82, 2.24) is 5.17 Å². The molecule has 0 atom stereocenters. The number of hydrazine groups is 1. The van der Waals surface area contributed by atoms with Gasteiger partial charge in [0.25, 0.3) is 0 Å². The molecule has 0 aromatic rings. The number of hydrogen-bond donors (Lipinski definition) is 7. The zero-order valence-electron chi connectivity index (χ0n) is 4.84. The molecule has 0 bridgehead atoms. The van der Waals surface area contributed by atoms with Gasteiger partial charge in [0, 0.05) is 0 Å². The monoisotopic (exact) mass is 172 g/mol. The first kappa shape index (κ1) is 12.2. The van der Waals surface area contributed by atoms with Gasteiger partial charge in [0.15, 0.2) is 0 Å². The van der Waals surface area contributed by atoms with Gasteiger partial charge < -0.3 is 20.4 Å². The van der Waals surface area contributed by atoms with Gasteiger partial charge in [0.2, 0.25) is 5.96 Å². The highest BCUT2D eigenvalue weighted by Gasteiger charge is 1.86. The molecule has 8 nitrogen and oxygen atoms in total. The first-order valence-corrected chi connectivity index (χ1v) is 3.02. The Hall–Kier alpha value is -0.500. The van der Waals surface area contributed by atoms with E-state index in [1.807, 2.05) is 0 Å². The minimum absolute atomic E-state index is 0.0278. The lowest BCUT2D eigenvalue weighted by atomic mass is 11.1. The maximum absolute atomic E-state index is 7.89. The highest BCUT2D eigenvalue weighted by molar-refractivity contribution is 7.38. The number of guanidine groups is 1. The molecule has 0 unspecified atom stereocenters. The van der Waals surface area contributed by atoms with Gasteiger partial charge in [-0.1, -0.05) is 0 Å². The second-order valence-corrected chi connectivity index (χ2v) is 1.53. The molecule has 0 rings (SSSR count). The van der Waals surface area contributed by atoms with Crippen LogP contribution in [0.2, 0.25) is 0 Å². The van der Waals surface area contributed by atoms with Crippen molar-refractivity contribution < 1.29 is 19.9 Å². The van der Waals surface area contributed by atoms with E-state index in [1.165, 1.54) is 0 Å². The Balaban J connectivity index is 0. The third-order valence-electron chi connectivity index (χ3n) is 0.247. The van der Waals surface area contributed by atoms with Crippen molar-refractivity contribution in [3.63, 3.8) is 0 Å². The molecule has 0 saturated carbocycles. The highest BCUT2D eigenvalue weighted by atomic mass is 31.2. The van der Waals surface area contributed by atoms with Crippen LogP contribution in [-0.2, 0) is 0 Å². The molecule has 0 heterocycles. The molecule has 0 aliphatic carbocycles. The largest absolute Gasteiger partial charge is 0.367 e. The third-order valence-corrected chi connectivity index (χ3v) is 0.247. The van der Waals surface area contributed by atoms with E-state index in [0.717, 1.165) is 0 Å². The van der Waals surface area contributed by atoms with E-state index in [4.69, 9.17) is 25.3 Å². The molecule has 0 aromatic heterocycles. The molecule has 0 radical (unpaired) electrons. The van der Waals surface area contributed by atoms with Gasteiger partial charge in [0.1, 0.15) is 0 Å². The van der Waals surface area contributed by atoms with Crippen LogP contribution in [0.5, 0.6) is 0 Å². The summed E-state index contributed by atoms with van der Waals surface area (Å²) in [6.07, 6.45) is 0. The first-order valence-electron chi connectivity index (χ1n) is 1.82. The molecular weight excluding hydrogens is 163 g/mol. The van der Waals surface area contributed by atoms with Crippen LogP contribution in [0.15, 0.2) is 0 Å². The van der Waals surface area contributed by atoms with Crippen LogP contribution in [0.1, 0.15) is 0 Å². The van der Waals surface area contributed by atoms with Crippen LogP contribution in [-0.4, -0.2) is 31.0 Å². The van der Waals surface area contributed by atoms with Crippen molar-refractivity contribution in [3.8, 4) is 0 Å². The maximum Gasteiger partial charge on any atom is 0.324 e. The normalized spacial score (nSPS) is 8.20. The Morgan fingerprint density at radius 1 is 1.40 bits per heavy atom. The van der Waals surface area contributed by atoms with Crippen molar-refractivity contribution in [2.24, 2.45) is 11.6 Å². The SMILES string of the molecule is N=C(N)N(N)O.OP(O)O. The van der Waals surface area contributed by atoms with Crippen molar-refractivity contribution in [3.05, 3.63) is 0 Å². The Kier molecular flexibility index (Phi) is 8.07. The summed E-state index contributed by atoms with van der Waals surface area (Å²) in [6.45, 7) is 0. The molecule has 0 saturated heterocycles. The van der Waals surface area contributed by atoms with Gasteiger partial charge in [0.05, 0.1) is 0 Å². The average Bonchev–Trinajstić information content (AvgIpc) is 1.63. The Morgan fingerprint density at radius 3 is 1.50 bits per heavy atom. The molecule has 0 spiro atoms. The quantitative estimate of drug-likeness (QED) is 0.0706. The fourth-order valence-electron chi connectivity index (χ4n) is 0. The zero-order chi connectivity index (χ0) is 8.73. The minimum atomic E-state index is -2.62. The predicted octanol–water partition coefficient (Wildman–Crippen LogP) is -2.37. The van der Waals surface area contributed by atoms with Gasteiger partial charge in [-0.15, -0.1) is 0 Å². The van der Waals surface area contributed by atoms with Gasteiger partial charge in [-0.2, -0.15) is 5.17 Å². The van der Waals surface area contributed by atoms with Crippen LogP contribution in [0, 0.1) is 5.41 Å². The van der Waals surface area contributed by atoms with Crippen molar-refractivity contribution in [2.75, 3.05) is 0 Å². The van der Waals surface area contributed by atoms with E-state index in [0.29, 0.717) is 0 Å². The van der Waals surface area contributed by atoms with Gasteiger partial charge in [-0.25, -0.2) is 5.84 Å². The van der Waals surface area contributed by atoms with E-state index in [-0.39, 0.29) is 5.17 Å². The number of hydroxylamine groups is 1. The molecule has 9 heteroatoms. The topological polar surface area (TPSA) is 160 Å². The standard InChI is InChI=1S/CH6N4O.H3O3P/c2-1(3)5(4)6;1-4(2)3/h6H,4H2,(H3,2,3);1-3H. The number of nitrogens with zero attached hydrogens (tertiary/aromatic N) is 1. The number of nitrogens with one attached hydrogen (secondary N) is 1. The third kappa shape index (κ3) is 25.9. The van der Waals surface area contributed by atoms with Crippen molar-refractivity contribution in [1.29, 1.82) is 5.41 Å². The number of hydrogen-bond acceptors (Lipinski definition) is 6. The lowest BCUT2D eigenvalue weighted by Crippen LogP contribution is -2.38. The number of nitrogens with two attached hydrogens (primary N) is 2. The van der Waals surface area contributed by atoms with E-state index in [1.54, 1.807) is 0 Å². The summed E-state index contributed by atoms with van der Waals surface area (Å²) in [4.78, 5) is 21.7. The van der Waals surface area contributed by atoms with Gasteiger partial charge in [-0.3, -0.25) is 10.6 Å². The smallest absolute Gasteiger partial charge is 0.324 e. The van der Waals surface area contributed by atoms with Crippen LogP contribution in [0.25, 0.3) is 0 Å². The van der Waals surface area contributed by atoms with Gasteiger partial charge >= 0.3 is 8.60 Å². The van der Waals surface area contributed by atoms with Gasteiger partial charge in [-0.05, 0) is 0 Å². The average molecular weight is 172 g/mol. The molecule has 0 fully saturated rings. The van der Waals surface area contributed by atoms with Crippen LogP contribution in [0.4, 0.5) is 0 Å². The summed E-state index contributed by atoms with van der Waals surface area (Å²) in [6, 6.07) is 0. The Morgan fingerprint density at radius 2 is 1.50 bits per heavy atom. The lowest BCUT2D eigenvalue weighted by molar-refractivity contribution is -0.0181. The van der Waals surface area contributed by atoms with Crippen molar-refractivity contribution in [2.45, 2.75) is 0 Å². The number of rotatable bonds is 0. The molecule has 0 aliphatic rings. The summed E-state index contributed by atoms with van der Waals surface area (Å²) >= 11 is 0. The second-order valence-electron chi connectivity index (χ2n) is 0.998. The summed E-state index contributed by atoms with van der Waals surface area (Å²) in [5, 5.41) is 14.2. The van der Waals surface area contributed by atoms with E-state index in [9.17, 15) is 0 Å². The molecule has 10 heavy (non-hydrogen) atoms. The highest BCUT2D eigenvalue weighted by Crippen LogP contribution is 2.11. The summed E-state index contributed by atoms with van der Waals surface area (Å²) in [5.41, 5.74) is 4.57. The Labute approximate surface area is 57.7 Å². The summed E-state index contributed by atoms with van der Waals surface area (Å²) < 4.78 is 0. The van der Waals surface area contributed by atoms with Crippen LogP contribution in [0.3, 0.4) is 0 Å². The maximum atomic E-state index is 7.89. The van der Waals surface area contributed by atoms with Crippen LogP contribution < -0.4 is 11.6 Å². The summed E-state index contributed by atoms with van der Waals surface area (Å²) in [7, 11) is -2.62. The fraction of sp³-hybridized carbons (Fsp3) is 0. The summed E-state index contributed by atoms with van der Waals surface area (Å²) in [5.74, 6) is 3.90. The van der Waals surface area contributed by atoms with Crippen molar-refractivity contribution >= 4 is 14.6 Å². The zero-order valence-corrected chi connectivity index (χ0v) is 5.73. The fourth-order valence-corrected chi connectivity index (χ4v) is 0. The Bertz CT molecular complexity index is 92.5. The van der Waals surface area contributed by atoms with E-state index in [2.05, 4.69) is 11.6 Å². The molecule has 0 aliphatic heterocycles. The predicted molar refractivity (Wildman–Crippen MR) is 33.3 cm³/mol. The minimum Gasteiger partial charge on any atom is -0.367 e. The molecular formula is CH9N4O4P. The molecule has 0 aromatic carbocycles. The lowest BCUT2D eigenvalue weighted by Gasteiger charge is -2.02.